The number of nitrogens with one attached hydrogen (secondary N) is 1. The maximum Gasteiger partial charge on any atom is 0.421 e. The number of benzene rings is 1. The lowest BCUT2D eigenvalue weighted by atomic mass is 9.95. The summed E-state index contributed by atoms with van der Waals surface area (Å²) in [4.78, 5) is 16.2. The summed E-state index contributed by atoms with van der Waals surface area (Å²) in [6.45, 7) is 4.65. The fraction of sp³-hybridized carbons (Fsp3) is 0.522. The van der Waals surface area contributed by atoms with E-state index in [1.165, 1.54) is 28.6 Å². The van der Waals surface area contributed by atoms with Gasteiger partial charge in [-0.2, -0.15) is 17.5 Å². The van der Waals surface area contributed by atoms with E-state index in [9.17, 15) is 31.5 Å². The van der Waals surface area contributed by atoms with Crippen LogP contribution in [0.5, 0.6) is 0 Å². The average molecular weight is 547 g/mol. The third-order valence-corrected chi connectivity index (χ3v) is 10.2. The normalized spacial score (nSPS) is 24.4. The molecule has 198 valence electrons. The van der Waals surface area contributed by atoms with E-state index in [2.05, 4.69) is 5.32 Å². The lowest BCUT2D eigenvalue weighted by Gasteiger charge is -2.45. The smallest absolute Gasteiger partial charge is 0.376 e. The third-order valence-electron chi connectivity index (χ3n) is 6.92. The summed E-state index contributed by atoms with van der Waals surface area (Å²) in [6, 6.07) is 8.00. The topological polar surface area (TPSA) is 93.2 Å². The highest BCUT2D eigenvalue weighted by atomic mass is 32.2. The first-order valence-corrected chi connectivity index (χ1v) is 13.9. The Morgan fingerprint density at radius 1 is 1.14 bits per heavy atom. The molecular weight excluding hydrogens is 517 g/mol. The Labute approximate surface area is 212 Å². The second-order valence-electron chi connectivity index (χ2n) is 9.22. The van der Waals surface area contributed by atoms with Crippen molar-refractivity contribution in [2.24, 2.45) is 0 Å². The SMILES string of the molecule is CC1C(=O)NCCN1CC1CN(S(=O)(=O)c2cccs2)CCN1c1ccc(C(C)(O)C(F)(F)F)cc1. The lowest BCUT2D eigenvalue weighted by molar-refractivity contribution is -0.258. The molecule has 2 aliphatic rings. The maximum absolute atomic E-state index is 13.3. The van der Waals surface area contributed by atoms with Crippen LogP contribution in [0.2, 0.25) is 0 Å². The number of nitrogens with zero attached hydrogens (tertiary/aromatic N) is 3. The summed E-state index contributed by atoms with van der Waals surface area (Å²) in [5.74, 6) is -0.106. The largest absolute Gasteiger partial charge is 0.421 e. The molecule has 2 saturated heterocycles. The summed E-state index contributed by atoms with van der Waals surface area (Å²) >= 11 is 1.14. The zero-order chi connectivity index (χ0) is 26.3. The number of aliphatic hydroxyl groups is 1. The van der Waals surface area contributed by atoms with Crippen molar-refractivity contribution in [2.45, 2.75) is 41.9 Å². The number of anilines is 1. The molecule has 2 aliphatic heterocycles. The molecule has 0 aliphatic carbocycles. The first-order chi connectivity index (χ1) is 16.8. The molecule has 1 aromatic heterocycles. The summed E-state index contributed by atoms with van der Waals surface area (Å²) in [5.41, 5.74) is -2.66. The number of carbonyl (C=O) groups excluding carboxylic acids is 1. The van der Waals surface area contributed by atoms with E-state index in [-0.39, 0.29) is 34.8 Å². The van der Waals surface area contributed by atoms with Crippen LogP contribution in [0, 0.1) is 0 Å². The molecule has 0 saturated carbocycles. The van der Waals surface area contributed by atoms with Crippen LogP contribution in [0.25, 0.3) is 0 Å². The van der Waals surface area contributed by atoms with Crippen LogP contribution >= 0.6 is 11.3 Å². The van der Waals surface area contributed by atoms with E-state index in [1.807, 2.05) is 9.80 Å². The second-order valence-corrected chi connectivity index (χ2v) is 12.3. The van der Waals surface area contributed by atoms with Gasteiger partial charge in [-0.3, -0.25) is 9.69 Å². The van der Waals surface area contributed by atoms with Gasteiger partial charge in [-0.05, 0) is 43.0 Å². The number of piperazine rings is 2. The molecule has 8 nitrogen and oxygen atoms in total. The van der Waals surface area contributed by atoms with Crippen LogP contribution in [0.4, 0.5) is 18.9 Å². The van der Waals surface area contributed by atoms with Crippen molar-refractivity contribution in [1.82, 2.24) is 14.5 Å². The standard InChI is InChI=1S/C23H29F3N4O4S2/c1-16-21(31)27-9-10-28(16)14-19-15-29(36(33,34)20-4-3-13-35-20)11-12-30(19)18-7-5-17(6-8-18)22(2,32)23(24,25)26/h3-8,13,16,19,32H,9-12,14-15H2,1-2H3,(H,27,31). The van der Waals surface area contributed by atoms with E-state index in [0.29, 0.717) is 38.8 Å². The van der Waals surface area contributed by atoms with Gasteiger partial charge in [0.05, 0.1) is 12.1 Å². The van der Waals surface area contributed by atoms with Crippen LogP contribution in [-0.4, -0.2) is 86.2 Å². The van der Waals surface area contributed by atoms with Gasteiger partial charge in [-0.1, -0.05) is 18.2 Å². The number of amides is 1. The maximum atomic E-state index is 13.3. The Morgan fingerprint density at radius 2 is 1.83 bits per heavy atom. The van der Waals surface area contributed by atoms with Crippen molar-refractivity contribution in [1.29, 1.82) is 0 Å². The summed E-state index contributed by atoms with van der Waals surface area (Å²) < 4.78 is 67.9. The number of halogens is 3. The van der Waals surface area contributed by atoms with Crippen LogP contribution in [0.3, 0.4) is 0 Å². The highest BCUT2D eigenvalue weighted by Crippen LogP contribution is 2.39. The van der Waals surface area contributed by atoms with Gasteiger partial charge < -0.3 is 15.3 Å². The van der Waals surface area contributed by atoms with Gasteiger partial charge in [-0.15, -0.1) is 11.3 Å². The van der Waals surface area contributed by atoms with Gasteiger partial charge in [-0.25, -0.2) is 8.42 Å². The average Bonchev–Trinajstić information content (AvgIpc) is 3.37. The van der Waals surface area contributed by atoms with E-state index in [1.54, 1.807) is 24.4 Å². The molecule has 1 amide bonds. The summed E-state index contributed by atoms with van der Waals surface area (Å²) in [7, 11) is -3.70. The van der Waals surface area contributed by atoms with Gasteiger partial charge in [0.1, 0.15) is 4.21 Å². The minimum Gasteiger partial charge on any atom is -0.376 e. The number of hydrogen-bond donors (Lipinski definition) is 2. The predicted octanol–water partition coefficient (Wildman–Crippen LogP) is 2.22. The zero-order valence-electron chi connectivity index (χ0n) is 19.9. The van der Waals surface area contributed by atoms with Crippen LogP contribution in [0.1, 0.15) is 19.4 Å². The van der Waals surface area contributed by atoms with E-state index in [4.69, 9.17) is 0 Å². The van der Waals surface area contributed by atoms with Crippen molar-refractivity contribution in [3.8, 4) is 0 Å². The first-order valence-electron chi connectivity index (χ1n) is 11.5. The summed E-state index contributed by atoms with van der Waals surface area (Å²) in [6.07, 6.45) is -4.83. The lowest BCUT2D eigenvalue weighted by Crippen LogP contribution is -2.62. The van der Waals surface area contributed by atoms with Crippen molar-refractivity contribution in [3.63, 3.8) is 0 Å². The minimum absolute atomic E-state index is 0.106. The predicted molar refractivity (Wildman–Crippen MR) is 130 cm³/mol. The van der Waals surface area contributed by atoms with Gasteiger partial charge >= 0.3 is 6.18 Å². The molecular formula is C23H29F3N4O4S2. The number of sulfonamides is 1. The zero-order valence-corrected chi connectivity index (χ0v) is 21.5. The minimum atomic E-state index is -4.83. The molecule has 0 radical (unpaired) electrons. The van der Waals surface area contributed by atoms with Gasteiger partial charge in [0.25, 0.3) is 10.0 Å². The number of carbonyl (C=O) groups is 1. The van der Waals surface area contributed by atoms with E-state index < -0.39 is 27.8 Å². The quantitative estimate of drug-likeness (QED) is 0.578. The van der Waals surface area contributed by atoms with Crippen LogP contribution in [0.15, 0.2) is 46.0 Å². The van der Waals surface area contributed by atoms with Crippen molar-refractivity contribution in [3.05, 3.63) is 47.3 Å². The van der Waals surface area contributed by atoms with Crippen molar-refractivity contribution in [2.75, 3.05) is 44.2 Å². The Morgan fingerprint density at radius 3 is 2.44 bits per heavy atom. The highest BCUT2D eigenvalue weighted by molar-refractivity contribution is 7.91. The Balaban J connectivity index is 1.61. The van der Waals surface area contributed by atoms with E-state index >= 15 is 0 Å². The Hall–Kier alpha value is -2.19. The van der Waals surface area contributed by atoms with Crippen LogP contribution in [-0.2, 0) is 20.4 Å². The first kappa shape index (κ1) is 26.9. The van der Waals surface area contributed by atoms with Gasteiger partial charge in [0.15, 0.2) is 5.60 Å². The molecule has 3 heterocycles. The number of alkyl halides is 3. The molecule has 0 bridgehead atoms. The molecule has 2 N–H and O–H groups in total. The molecule has 2 aromatic rings. The fourth-order valence-electron chi connectivity index (χ4n) is 4.57. The molecule has 13 heteroatoms. The van der Waals surface area contributed by atoms with Crippen molar-refractivity contribution >= 4 is 33.0 Å². The molecule has 36 heavy (non-hydrogen) atoms. The Kier molecular flexibility index (Phi) is 7.41. The monoisotopic (exact) mass is 546 g/mol. The number of rotatable bonds is 6. The molecule has 1 aromatic carbocycles. The van der Waals surface area contributed by atoms with Crippen molar-refractivity contribution < 1.29 is 31.5 Å². The fourth-order valence-corrected chi connectivity index (χ4v) is 7.18. The summed E-state index contributed by atoms with van der Waals surface area (Å²) in [5, 5.41) is 14.5. The molecule has 4 rings (SSSR count). The second kappa shape index (κ2) is 9.93. The third kappa shape index (κ3) is 5.12. The van der Waals surface area contributed by atoms with Gasteiger partial charge in [0, 0.05) is 45.0 Å². The van der Waals surface area contributed by atoms with Crippen LogP contribution < -0.4 is 10.2 Å². The number of thiophene rings is 1. The van der Waals surface area contributed by atoms with E-state index in [0.717, 1.165) is 11.3 Å². The number of hydrogen-bond acceptors (Lipinski definition) is 7. The highest BCUT2D eigenvalue weighted by Gasteiger charge is 2.51. The van der Waals surface area contributed by atoms with Gasteiger partial charge in [0.2, 0.25) is 5.91 Å². The molecule has 3 atom stereocenters. The molecule has 3 unspecified atom stereocenters. The molecule has 2 fully saturated rings. The molecule has 0 spiro atoms. The Bertz CT molecular complexity index is 1170.